The molecule has 3 aromatic rings. The van der Waals surface area contributed by atoms with Crippen LogP contribution in [0.25, 0.3) is 22.8 Å². The van der Waals surface area contributed by atoms with Gasteiger partial charge in [0, 0.05) is 17.5 Å². The van der Waals surface area contributed by atoms with E-state index in [9.17, 15) is 9.66 Å². The molecule has 7 nitrogen and oxygen atoms in total. The van der Waals surface area contributed by atoms with Crippen LogP contribution in [0.2, 0.25) is 0 Å². The second-order valence-corrected chi connectivity index (χ2v) is 8.46. The van der Waals surface area contributed by atoms with Crippen LogP contribution in [0.1, 0.15) is 18.5 Å². The van der Waals surface area contributed by atoms with Crippen molar-refractivity contribution < 1.29 is 14.1 Å². The fourth-order valence-corrected chi connectivity index (χ4v) is 4.57. The molecule has 0 spiro atoms. The largest absolute Gasteiger partial charge is 0.611 e. The van der Waals surface area contributed by atoms with Crippen LogP contribution in [0.3, 0.4) is 0 Å². The van der Waals surface area contributed by atoms with Gasteiger partial charge < -0.3 is 19.4 Å². The van der Waals surface area contributed by atoms with Crippen molar-refractivity contribution in [2.75, 3.05) is 17.7 Å². The molecule has 8 heteroatoms. The number of benzene rings is 1. The molecule has 1 aromatic carbocycles. The first-order chi connectivity index (χ1) is 13.2. The van der Waals surface area contributed by atoms with Crippen LogP contribution < -0.4 is 5.32 Å². The Morgan fingerprint density at radius 3 is 2.63 bits per heavy atom. The zero-order valence-corrected chi connectivity index (χ0v) is 15.3. The number of fused-ring (bicyclic) bond motifs is 1. The van der Waals surface area contributed by atoms with E-state index in [1.165, 1.54) is 0 Å². The van der Waals surface area contributed by atoms with E-state index >= 15 is 0 Å². The lowest BCUT2D eigenvalue weighted by Crippen LogP contribution is -2.27. The SMILES string of the molecule is [O-][S@+]1CCc2nc(-c3ccc(-c4ncco4)cc3)nc(NC3(CO)CC3)c21. The molecule has 2 aromatic heterocycles. The molecule has 0 amide bonds. The monoisotopic (exact) mass is 382 g/mol. The van der Waals surface area contributed by atoms with Crippen LogP contribution in [0, 0.1) is 0 Å². The summed E-state index contributed by atoms with van der Waals surface area (Å²) in [6.45, 7) is 0.0403. The van der Waals surface area contributed by atoms with E-state index in [2.05, 4.69) is 20.3 Å². The average molecular weight is 382 g/mol. The molecule has 1 atom stereocenters. The molecule has 1 aliphatic carbocycles. The summed E-state index contributed by atoms with van der Waals surface area (Å²) in [5.41, 5.74) is 2.23. The maximum Gasteiger partial charge on any atom is 0.225 e. The maximum atomic E-state index is 12.4. The molecule has 27 heavy (non-hydrogen) atoms. The van der Waals surface area contributed by atoms with E-state index in [4.69, 9.17) is 4.42 Å². The number of aliphatic hydroxyl groups is 1. The summed E-state index contributed by atoms with van der Waals surface area (Å²) >= 11 is -1.10. The molecule has 0 saturated heterocycles. The second kappa shape index (κ2) is 6.33. The molecule has 0 bridgehead atoms. The molecule has 3 heterocycles. The van der Waals surface area contributed by atoms with E-state index in [1.807, 2.05) is 24.3 Å². The lowest BCUT2D eigenvalue weighted by Gasteiger charge is -2.18. The minimum atomic E-state index is -1.10. The van der Waals surface area contributed by atoms with Crippen molar-refractivity contribution in [2.45, 2.75) is 29.7 Å². The Morgan fingerprint density at radius 2 is 1.96 bits per heavy atom. The molecule has 1 saturated carbocycles. The van der Waals surface area contributed by atoms with Crippen LogP contribution >= 0.6 is 0 Å². The summed E-state index contributed by atoms with van der Waals surface area (Å²) in [4.78, 5) is 14.2. The van der Waals surface area contributed by atoms with Gasteiger partial charge in [0.05, 0.1) is 18.3 Å². The van der Waals surface area contributed by atoms with Crippen molar-refractivity contribution in [1.82, 2.24) is 15.0 Å². The van der Waals surface area contributed by atoms with Gasteiger partial charge in [0.2, 0.25) is 10.8 Å². The predicted octanol–water partition coefficient (Wildman–Crippen LogP) is 2.40. The number of aryl methyl sites for hydroxylation is 1. The number of oxazole rings is 1. The Kier molecular flexibility index (Phi) is 3.92. The van der Waals surface area contributed by atoms with Crippen LogP contribution in [0.4, 0.5) is 5.82 Å². The molecular weight excluding hydrogens is 364 g/mol. The summed E-state index contributed by atoms with van der Waals surface area (Å²) in [5.74, 6) is 2.31. The van der Waals surface area contributed by atoms with Gasteiger partial charge in [-0.25, -0.2) is 15.0 Å². The topological polar surface area (TPSA) is 107 Å². The highest BCUT2D eigenvalue weighted by Gasteiger charge is 2.44. The summed E-state index contributed by atoms with van der Waals surface area (Å²) in [5, 5.41) is 13.0. The van der Waals surface area contributed by atoms with E-state index < -0.39 is 11.2 Å². The summed E-state index contributed by atoms with van der Waals surface area (Å²) in [7, 11) is 0. The summed E-state index contributed by atoms with van der Waals surface area (Å²) < 4.78 is 17.7. The summed E-state index contributed by atoms with van der Waals surface area (Å²) in [6.07, 6.45) is 5.59. The third kappa shape index (κ3) is 2.99. The number of rotatable bonds is 5. The average Bonchev–Trinajstić information content (AvgIpc) is 3.08. The number of hydrogen-bond donors (Lipinski definition) is 2. The van der Waals surface area contributed by atoms with Crippen molar-refractivity contribution in [3.63, 3.8) is 0 Å². The normalized spacial score (nSPS) is 19.7. The maximum absolute atomic E-state index is 12.4. The molecule has 0 radical (unpaired) electrons. The van der Waals surface area contributed by atoms with Gasteiger partial charge in [0.25, 0.3) is 0 Å². The highest BCUT2D eigenvalue weighted by molar-refractivity contribution is 7.91. The van der Waals surface area contributed by atoms with Crippen LogP contribution in [-0.2, 0) is 17.6 Å². The van der Waals surface area contributed by atoms with Crippen LogP contribution in [-0.4, -0.2) is 42.5 Å². The summed E-state index contributed by atoms with van der Waals surface area (Å²) in [6, 6.07) is 7.68. The fraction of sp³-hybridized carbons (Fsp3) is 0.316. The Balaban J connectivity index is 1.53. The van der Waals surface area contributed by atoms with Gasteiger partial charge in [0.15, 0.2) is 11.6 Å². The Hall–Kier alpha value is -2.42. The first kappa shape index (κ1) is 16.7. The molecule has 0 unspecified atom stereocenters. The molecule has 5 rings (SSSR count). The highest BCUT2D eigenvalue weighted by Crippen LogP contribution is 2.41. The van der Waals surface area contributed by atoms with Crippen molar-refractivity contribution in [3.05, 3.63) is 42.4 Å². The number of anilines is 1. The standard InChI is InChI=1S/C19H18N4O3S/c24-11-19(6-7-19)23-17-15-14(5-10-27(15)25)21-16(22-17)12-1-3-13(4-2-12)18-20-8-9-26-18/h1-4,8-9,24H,5-7,10-11H2,(H,21,22,23)/t27-/m1/s1. The minimum Gasteiger partial charge on any atom is -0.611 e. The fourth-order valence-electron chi connectivity index (χ4n) is 3.26. The predicted molar refractivity (Wildman–Crippen MR) is 101 cm³/mol. The first-order valence-electron chi connectivity index (χ1n) is 8.86. The van der Waals surface area contributed by atoms with E-state index in [1.54, 1.807) is 12.5 Å². The molecule has 1 aliphatic heterocycles. The highest BCUT2D eigenvalue weighted by atomic mass is 32.2. The zero-order valence-electron chi connectivity index (χ0n) is 14.5. The van der Waals surface area contributed by atoms with Crippen molar-refractivity contribution in [3.8, 4) is 22.8 Å². The Morgan fingerprint density at radius 1 is 1.19 bits per heavy atom. The third-order valence-corrected chi connectivity index (χ3v) is 6.51. The van der Waals surface area contributed by atoms with E-state index in [0.29, 0.717) is 34.6 Å². The van der Waals surface area contributed by atoms with Gasteiger partial charge in [-0.1, -0.05) is 12.1 Å². The van der Waals surface area contributed by atoms with Crippen molar-refractivity contribution >= 4 is 17.0 Å². The molecule has 2 N–H and O–H groups in total. The number of nitrogens with zero attached hydrogens (tertiary/aromatic N) is 3. The van der Waals surface area contributed by atoms with Gasteiger partial charge in [-0.15, -0.1) is 0 Å². The Bertz CT molecular complexity index is 971. The van der Waals surface area contributed by atoms with Gasteiger partial charge in [-0.05, 0) is 36.2 Å². The third-order valence-electron chi connectivity index (χ3n) is 5.05. The molecule has 2 aliphatic rings. The lowest BCUT2D eigenvalue weighted by molar-refractivity contribution is 0.265. The smallest absolute Gasteiger partial charge is 0.225 e. The van der Waals surface area contributed by atoms with Gasteiger partial charge >= 0.3 is 0 Å². The lowest BCUT2D eigenvalue weighted by atomic mass is 10.1. The van der Waals surface area contributed by atoms with Gasteiger partial charge in [-0.3, -0.25) is 0 Å². The van der Waals surface area contributed by atoms with Crippen LogP contribution in [0.15, 0.2) is 46.0 Å². The van der Waals surface area contributed by atoms with Gasteiger partial charge in [-0.2, -0.15) is 0 Å². The van der Waals surface area contributed by atoms with Gasteiger partial charge in [0.1, 0.15) is 17.7 Å². The number of nitrogens with one attached hydrogen (secondary N) is 1. The first-order valence-corrected chi connectivity index (χ1v) is 10.2. The number of aromatic nitrogens is 3. The Labute approximate surface area is 159 Å². The minimum absolute atomic E-state index is 0.0403. The van der Waals surface area contributed by atoms with E-state index in [0.717, 1.165) is 29.7 Å². The van der Waals surface area contributed by atoms with Crippen molar-refractivity contribution in [2.24, 2.45) is 0 Å². The second-order valence-electron chi connectivity index (χ2n) is 6.95. The van der Waals surface area contributed by atoms with Crippen molar-refractivity contribution in [1.29, 1.82) is 0 Å². The van der Waals surface area contributed by atoms with Crippen LogP contribution in [0.5, 0.6) is 0 Å². The zero-order chi connectivity index (χ0) is 18.4. The number of hydrogen-bond acceptors (Lipinski definition) is 7. The molecule has 138 valence electrons. The quantitative estimate of drug-likeness (QED) is 0.653. The van der Waals surface area contributed by atoms with E-state index in [-0.39, 0.29) is 12.1 Å². The molecular formula is C19H18N4O3S. The number of aliphatic hydroxyl groups excluding tert-OH is 1. The molecule has 1 fully saturated rings.